The van der Waals surface area contributed by atoms with E-state index in [0.717, 1.165) is 23.8 Å². The fraction of sp³-hybridized carbons (Fsp3) is 0.125. The lowest BCUT2D eigenvalue weighted by Crippen LogP contribution is -2.22. The number of alkyl halides is 2. The van der Waals surface area contributed by atoms with E-state index in [1.54, 1.807) is 49.4 Å². The van der Waals surface area contributed by atoms with Gasteiger partial charge in [-0.3, -0.25) is 4.79 Å². The van der Waals surface area contributed by atoms with Crippen molar-refractivity contribution < 1.29 is 26.2 Å². The largest absolute Gasteiger partial charge is 0.377 e. The molecule has 160 valence electrons. The van der Waals surface area contributed by atoms with E-state index in [9.17, 15) is 13.2 Å². The van der Waals surface area contributed by atoms with Crippen molar-refractivity contribution in [1.82, 2.24) is 0 Å². The summed E-state index contributed by atoms with van der Waals surface area (Å²) in [5, 5.41) is 0. The van der Waals surface area contributed by atoms with Gasteiger partial charge in [-0.15, -0.1) is 0 Å². The van der Waals surface area contributed by atoms with Gasteiger partial charge in [-0.1, -0.05) is 72.3 Å². The van der Waals surface area contributed by atoms with Crippen molar-refractivity contribution in [3.05, 3.63) is 107 Å². The Morgan fingerprint density at radius 1 is 0.903 bits per heavy atom. The minimum absolute atomic E-state index is 0.236. The Morgan fingerprint density at radius 3 is 2.03 bits per heavy atom. The molecule has 0 saturated heterocycles. The van der Waals surface area contributed by atoms with Crippen LogP contribution in [0.15, 0.2) is 89.5 Å². The average Bonchev–Trinajstić information content (AvgIpc) is 2.74. The molecular formula is C24H20F2O4S. The second-order valence-electron chi connectivity index (χ2n) is 6.98. The van der Waals surface area contributed by atoms with Crippen LogP contribution in [0, 0.1) is 6.92 Å². The van der Waals surface area contributed by atoms with Crippen molar-refractivity contribution in [2.24, 2.45) is 0 Å². The topological polar surface area (TPSA) is 60.4 Å². The molecule has 3 aromatic carbocycles. The highest BCUT2D eigenvalue weighted by Gasteiger charge is 2.41. The molecule has 0 aliphatic heterocycles. The van der Waals surface area contributed by atoms with Crippen LogP contribution in [0.3, 0.4) is 0 Å². The Bertz CT molecular complexity index is 1200. The predicted octanol–water partition coefficient (Wildman–Crippen LogP) is 5.74. The molecular weight excluding hydrogens is 422 g/mol. The van der Waals surface area contributed by atoms with E-state index in [1.165, 1.54) is 31.2 Å². The third-order valence-corrected chi connectivity index (χ3v) is 5.82. The van der Waals surface area contributed by atoms with Gasteiger partial charge in [0, 0.05) is 11.1 Å². The summed E-state index contributed by atoms with van der Waals surface area (Å²) in [5.41, 5.74) is 0.923. The van der Waals surface area contributed by atoms with E-state index in [0.29, 0.717) is 5.56 Å². The van der Waals surface area contributed by atoms with Crippen LogP contribution < -0.4 is 0 Å². The number of Topliss-reactive ketones (excluding diaryl/α,β-unsaturated/α-hetero) is 1. The summed E-state index contributed by atoms with van der Waals surface area (Å²) in [4.78, 5) is 11.2. The average molecular weight is 442 g/mol. The molecule has 0 aliphatic carbocycles. The first-order chi connectivity index (χ1) is 14.6. The maximum absolute atomic E-state index is 15.4. The van der Waals surface area contributed by atoms with Crippen LogP contribution in [0.1, 0.15) is 34.0 Å². The van der Waals surface area contributed by atoms with Crippen molar-refractivity contribution in [3.8, 4) is 0 Å². The van der Waals surface area contributed by atoms with Crippen molar-refractivity contribution in [3.63, 3.8) is 0 Å². The monoisotopic (exact) mass is 442 g/mol. The maximum atomic E-state index is 15.4. The van der Waals surface area contributed by atoms with Crippen LogP contribution in [0.25, 0.3) is 6.08 Å². The van der Waals surface area contributed by atoms with E-state index in [1.807, 2.05) is 0 Å². The second-order valence-corrected chi connectivity index (χ2v) is 8.52. The van der Waals surface area contributed by atoms with Crippen LogP contribution in [-0.2, 0) is 20.2 Å². The molecule has 0 aromatic heterocycles. The molecule has 0 fully saturated rings. The first-order valence-corrected chi connectivity index (χ1v) is 10.8. The summed E-state index contributed by atoms with van der Waals surface area (Å²) in [6.07, 6.45) is 0.991. The first-order valence-electron chi connectivity index (χ1n) is 9.37. The van der Waals surface area contributed by atoms with E-state index in [4.69, 9.17) is 4.18 Å². The number of benzene rings is 3. The number of hydrogen-bond acceptors (Lipinski definition) is 4. The maximum Gasteiger partial charge on any atom is 0.339 e. The molecule has 0 N–H and O–H groups in total. The fourth-order valence-corrected chi connectivity index (χ4v) is 3.75. The number of ketones is 1. The predicted molar refractivity (Wildman–Crippen MR) is 114 cm³/mol. The Hall–Kier alpha value is -3.32. The number of carbonyl (C=O) groups excluding carboxylic acids is 1. The van der Waals surface area contributed by atoms with E-state index < -0.39 is 27.4 Å². The molecule has 0 spiro atoms. The van der Waals surface area contributed by atoms with Gasteiger partial charge in [0.15, 0.2) is 11.5 Å². The highest BCUT2D eigenvalue weighted by atomic mass is 32.2. The van der Waals surface area contributed by atoms with Crippen LogP contribution >= 0.6 is 0 Å². The van der Waals surface area contributed by atoms with Gasteiger partial charge in [-0.25, -0.2) is 0 Å². The zero-order valence-electron chi connectivity index (χ0n) is 16.9. The summed E-state index contributed by atoms with van der Waals surface area (Å²) in [5.74, 6) is -5.09. The summed E-state index contributed by atoms with van der Waals surface area (Å²) < 4.78 is 61.2. The van der Waals surface area contributed by atoms with Gasteiger partial charge < -0.3 is 4.18 Å². The summed E-state index contributed by atoms with van der Waals surface area (Å²) >= 11 is 0. The third-order valence-electron chi connectivity index (χ3n) is 4.57. The molecule has 31 heavy (non-hydrogen) atoms. The van der Waals surface area contributed by atoms with Crippen LogP contribution in [0.2, 0.25) is 0 Å². The van der Waals surface area contributed by atoms with Gasteiger partial charge in [-0.05, 0) is 37.6 Å². The minimum Gasteiger partial charge on any atom is -0.377 e. The summed E-state index contributed by atoms with van der Waals surface area (Å²) in [7, 11) is -4.51. The first kappa shape index (κ1) is 22.4. The molecule has 0 saturated carbocycles. The molecule has 0 heterocycles. The Morgan fingerprint density at radius 2 is 1.48 bits per heavy atom. The van der Waals surface area contributed by atoms with Gasteiger partial charge in [0.2, 0.25) is 0 Å². The quantitative estimate of drug-likeness (QED) is 0.266. The molecule has 0 atom stereocenters. The van der Waals surface area contributed by atoms with Crippen molar-refractivity contribution in [1.29, 1.82) is 0 Å². The number of allylic oxidation sites excluding steroid dienone is 1. The lowest BCUT2D eigenvalue weighted by Gasteiger charge is -2.21. The Labute approximate surface area is 179 Å². The van der Waals surface area contributed by atoms with Gasteiger partial charge in [0.25, 0.3) is 0 Å². The number of carbonyl (C=O) groups is 1. The Kier molecular flexibility index (Phi) is 6.36. The van der Waals surface area contributed by atoms with E-state index in [-0.39, 0.29) is 16.2 Å². The van der Waals surface area contributed by atoms with E-state index >= 15 is 8.78 Å². The van der Waals surface area contributed by atoms with E-state index in [2.05, 4.69) is 0 Å². The smallest absolute Gasteiger partial charge is 0.339 e. The van der Waals surface area contributed by atoms with Crippen LogP contribution in [0.4, 0.5) is 8.78 Å². The normalized spacial score (nSPS) is 12.5. The number of hydrogen-bond donors (Lipinski definition) is 0. The van der Waals surface area contributed by atoms with Gasteiger partial charge in [0.05, 0.1) is 0 Å². The van der Waals surface area contributed by atoms with Gasteiger partial charge in [0.1, 0.15) is 4.90 Å². The zero-order chi connectivity index (χ0) is 22.6. The minimum atomic E-state index is -4.51. The number of rotatable bonds is 7. The molecule has 3 rings (SSSR count). The molecule has 0 unspecified atom stereocenters. The van der Waals surface area contributed by atoms with Gasteiger partial charge in [-0.2, -0.15) is 17.2 Å². The Balaban J connectivity index is 2.07. The fourth-order valence-electron chi connectivity index (χ4n) is 2.80. The molecule has 4 nitrogen and oxygen atoms in total. The molecule has 0 bridgehead atoms. The summed E-state index contributed by atoms with van der Waals surface area (Å²) in [6, 6.07) is 18.5. The SMILES string of the molecule is CC(=O)c1ccc(C(F)(F)/C(=C/c2ccccc2)OS(=O)(=O)c2ccc(C)cc2)cc1. The molecule has 0 aliphatic rings. The standard InChI is InChI=1S/C24H20F2O4S/c1-17-8-14-22(15-9-17)31(28,29)30-23(16-19-6-4-3-5-7-19)24(25,26)21-12-10-20(11-13-21)18(2)27/h3-16H,1-2H3/b23-16-. The third kappa shape index (κ3) is 5.24. The molecule has 0 radical (unpaired) electrons. The van der Waals surface area contributed by atoms with Gasteiger partial charge >= 0.3 is 16.0 Å². The van der Waals surface area contributed by atoms with Crippen molar-refractivity contribution in [2.45, 2.75) is 24.7 Å². The molecule has 7 heteroatoms. The second kappa shape index (κ2) is 8.81. The van der Waals surface area contributed by atoms with Crippen molar-refractivity contribution >= 4 is 22.0 Å². The highest BCUT2D eigenvalue weighted by molar-refractivity contribution is 7.86. The van der Waals surface area contributed by atoms with Crippen molar-refractivity contribution in [2.75, 3.05) is 0 Å². The highest BCUT2D eigenvalue weighted by Crippen LogP contribution is 2.39. The molecule has 0 amide bonds. The van der Waals surface area contributed by atoms with Crippen LogP contribution in [-0.4, -0.2) is 14.2 Å². The number of halogens is 2. The zero-order valence-corrected chi connectivity index (χ0v) is 17.7. The lowest BCUT2D eigenvalue weighted by molar-refractivity contribution is 0.00379. The number of aryl methyl sites for hydroxylation is 1. The molecule has 3 aromatic rings. The summed E-state index contributed by atoms with van der Waals surface area (Å²) in [6.45, 7) is 3.10. The lowest BCUT2D eigenvalue weighted by atomic mass is 10.0. The van der Waals surface area contributed by atoms with Crippen LogP contribution in [0.5, 0.6) is 0 Å².